The average molecular weight is 337 g/mol. The van der Waals surface area contributed by atoms with E-state index >= 15 is 0 Å². The molecule has 0 aromatic heterocycles. The Bertz CT molecular complexity index is 583. The van der Waals surface area contributed by atoms with Crippen LogP contribution >= 0.6 is 0 Å². The summed E-state index contributed by atoms with van der Waals surface area (Å²) in [5, 5.41) is 28.6. The summed E-state index contributed by atoms with van der Waals surface area (Å²) in [5.74, 6) is -1.62. The summed E-state index contributed by atoms with van der Waals surface area (Å²) >= 11 is 0. The topological polar surface area (TPSA) is 116 Å². The maximum atomic E-state index is 9.80. The van der Waals surface area contributed by atoms with Gasteiger partial charge in [-0.1, -0.05) is 12.1 Å². The third-order valence-electron chi connectivity index (χ3n) is 3.59. The van der Waals surface area contributed by atoms with Crippen LogP contribution in [0.25, 0.3) is 0 Å². The van der Waals surface area contributed by atoms with Crippen LogP contribution in [-0.2, 0) is 9.59 Å². The first-order valence-corrected chi connectivity index (χ1v) is 7.57. The zero-order valence-electron chi connectivity index (χ0n) is 13.7. The van der Waals surface area contributed by atoms with Crippen molar-refractivity contribution in [2.75, 3.05) is 13.1 Å². The zero-order chi connectivity index (χ0) is 18.1. The molecule has 1 aromatic carbocycles. The van der Waals surface area contributed by atoms with Gasteiger partial charge in [-0.2, -0.15) is 0 Å². The Balaban J connectivity index is 0.000000307. The molecule has 1 heterocycles. The molecule has 0 radical (unpaired) electrons. The van der Waals surface area contributed by atoms with Crippen LogP contribution in [0.3, 0.4) is 0 Å². The van der Waals surface area contributed by atoms with Gasteiger partial charge < -0.3 is 25.4 Å². The van der Waals surface area contributed by atoms with Crippen molar-refractivity contribution in [3.05, 3.63) is 41.5 Å². The minimum atomic E-state index is -1.26. The Labute approximate surface area is 140 Å². The lowest BCUT2D eigenvalue weighted by molar-refractivity contribution is -0.134. The van der Waals surface area contributed by atoms with Crippen molar-refractivity contribution >= 4 is 11.9 Å². The molecule has 0 saturated carbocycles. The van der Waals surface area contributed by atoms with E-state index in [9.17, 15) is 14.7 Å². The van der Waals surface area contributed by atoms with Crippen molar-refractivity contribution in [2.45, 2.75) is 32.5 Å². The summed E-state index contributed by atoms with van der Waals surface area (Å²) < 4.78 is 5.89. The zero-order valence-corrected chi connectivity index (χ0v) is 13.7. The normalized spacial score (nSPS) is 20.1. The third-order valence-corrected chi connectivity index (χ3v) is 3.59. The molecule has 0 unspecified atom stereocenters. The number of aliphatic hydroxyl groups excluding tert-OH is 1. The molecule has 1 fully saturated rings. The lowest BCUT2D eigenvalue weighted by atomic mass is 10.1. The van der Waals surface area contributed by atoms with Crippen LogP contribution in [0.15, 0.2) is 30.4 Å². The largest absolute Gasteiger partial charge is 0.487 e. The summed E-state index contributed by atoms with van der Waals surface area (Å²) in [5.41, 5.74) is 2.38. The Morgan fingerprint density at radius 1 is 1.21 bits per heavy atom. The van der Waals surface area contributed by atoms with Crippen LogP contribution in [0.5, 0.6) is 5.75 Å². The Hall–Kier alpha value is -2.38. The molecule has 2 rings (SSSR count). The van der Waals surface area contributed by atoms with Gasteiger partial charge >= 0.3 is 11.9 Å². The number of β-amino-alcohol motifs (C(OH)–C–C–N with tert-alkyl or cyclic N) is 1. The van der Waals surface area contributed by atoms with Gasteiger partial charge in [0.15, 0.2) is 0 Å². The highest BCUT2D eigenvalue weighted by molar-refractivity contribution is 5.89. The Kier molecular flexibility index (Phi) is 7.94. The first kappa shape index (κ1) is 19.7. The highest BCUT2D eigenvalue weighted by atomic mass is 16.5. The van der Waals surface area contributed by atoms with E-state index in [1.807, 2.05) is 12.1 Å². The minimum absolute atomic E-state index is 0.0817. The number of aliphatic carboxylic acids is 2. The fraction of sp³-hybridized carbons (Fsp3) is 0.412. The smallest absolute Gasteiger partial charge is 0.328 e. The molecule has 1 aromatic rings. The van der Waals surface area contributed by atoms with Crippen LogP contribution in [0.4, 0.5) is 0 Å². The quantitative estimate of drug-likeness (QED) is 0.608. The van der Waals surface area contributed by atoms with Crippen LogP contribution in [0.2, 0.25) is 0 Å². The van der Waals surface area contributed by atoms with Crippen LogP contribution in [0, 0.1) is 13.8 Å². The fourth-order valence-electron chi connectivity index (χ4n) is 2.11. The number of aliphatic hydroxyl groups is 1. The van der Waals surface area contributed by atoms with E-state index in [4.69, 9.17) is 14.9 Å². The van der Waals surface area contributed by atoms with Gasteiger partial charge in [-0.15, -0.1) is 0 Å². The number of carboxylic acids is 2. The summed E-state index contributed by atoms with van der Waals surface area (Å²) in [6.07, 6.45) is 1.48. The molecule has 1 saturated heterocycles. The Morgan fingerprint density at radius 2 is 1.83 bits per heavy atom. The van der Waals surface area contributed by atoms with Crippen molar-refractivity contribution in [3.63, 3.8) is 0 Å². The van der Waals surface area contributed by atoms with Crippen LogP contribution in [-0.4, -0.2) is 52.6 Å². The van der Waals surface area contributed by atoms with Gasteiger partial charge in [-0.3, -0.25) is 0 Å². The SMILES string of the molecule is Cc1cccc(O[C@@H]2CCNC[C@H]2O)c1C.O=C(O)C=CC(=O)O. The molecule has 4 N–H and O–H groups in total. The van der Waals surface area contributed by atoms with E-state index in [0.29, 0.717) is 18.7 Å². The number of rotatable bonds is 4. The van der Waals surface area contributed by atoms with Crippen molar-refractivity contribution in [3.8, 4) is 5.75 Å². The number of aryl methyl sites for hydroxylation is 1. The number of piperidine rings is 1. The van der Waals surface area contributed by atoms with Gasteiger partial charge in [0, 0.05) is 18.7 Å². The van der Waals surface area contributed by atoms with Gasteiger partial charge in [-0.25, -0.2) is 9.59 Å². The number of ether oxygens (including phenoxy) is 1. The van der Waals surface area contributed by atoms with Crippen molar-refractivity contribution < 1.29 is 29.6 Å². The highest BCUT2D eigenvalue weighted by Gasteiger charge is 2.24. The van der Waals surface area contributed by atoms with Gasteiger partial charge in [0.1, 0.15) is 18.0 Å². The van der Waals surface area contributed by atoms with Gasteiger partial charge in [-0.05, 0) is 44.0 Å². The van der Waals surface area contributed by atoms with Gasteiger partial charge in [0.05, 0.1) is 0 Å². The summed E-state index contributed by atoms with van der Waals surface area (Å²) in [6, 6.07) is 6.03. The van der Waals surface area contributed by atoms with Gasteiger partial charge in [0.2, 0.25) is 0 Å². The van der Waals surface area contributed by atoms with Gasteiger partial charge in [0.25, 0.3) is 0 Å². The van der Waals surface area contributed by atoms with E-state index in [2.05, 4.69) is 25.2 Å². The molecule has 0 amide bonds. The van der Waals surface area contributed by atoms with Crippen molar-refractivity contribution in [2.24, 2.45) is 0 Å². The predicted molar refractivity (Wildman–Crippen MR) is 88.2 cm³/mol. The third kappa shape index (κ3) is 6.80. The number of hydrogen-bond acceptors (Lipinski definition) is 5. The Morgan fingerprint density at radius 3 is 2.38 bits per heavy atom. The van der Waals surface area contributed by atoms with Crippen LogP contribution in [0.1, 0.15) is 17.5 Å². The molecule has 7 nitrogen and oxygen atoms in total. The second-order valence-corrected chi connectivity index (χ2v) is 5.42. The fourth-order valence-corrected chi connectivity index (χ4v) is 2.11. The maximum Gasteiger partial charge on any atom is 0.328 e. The average Bonchev–Trinajstić information content (AvgIpc) is 2.52. The highest BCUT2D eigenvalue weighted by Crippen LogP contribution is 2.23. The summed E-state index contributed by atoms with van der Waals surface area (Å²) in [7, 11) is 0. The van der Waals surface area contributed by atoms with E-state index in [0.717, 1.165) is 24.3 Å². The number of benzene rings is 1. The van der Waals surface area contributed by atoms with Crippen molar-refractivity contribution in [1.82, 2.24) is 5.32 Å². The monoisotopic (exact) mass is 337 g/mol. The summed E-state index contributed by atoms with van der Waals surface area (Å²) in [4.78, 5) is 19.1. The molecule has 0 spiro atoms. The molecule has 1 aliphatic heterocycles. The lowest BCUT2D eigenvalue weighted by Gasteiger charge is -2.29. The minimum Gasteiger partial charge on any atom is -0.487 e. The summed E-state index contributed by atoms with van der Waals surface area (Å²) in [6.45, 7) is 5.65. The standard InChI is InChI=1S/C13H19NO2.C4H4O4/c1-9-4-3-5-12(10(9)2)16-13-6-7-14-8-11(13)15;5-3(6)1-2-4(7)8/h3-5,11,13-15H,6-8H2,1-2H3;1-2H,(H,5,6)(H,7,8)/t11-,13-;/m1./s1. The van der Waals surface area contributed by atoms with Crippen molar-refractivity contribution in [1.29, 1.82) is 0 Å². The molecule has 0 aliphatic carbocycles. The number of hydrogen-bond donors (Lipinski definition) is 4. The molecule has 1 aliphatic rings. The van der Waals surface area contributed by atoms with E-state index in [-0.39, 0.29) is 6.10 Å². The number of carbonyl (C=O) groups is 2. The number of carboxylic acid groups (broad SMARTS) is 2. The molecule has 2 atom stereocenters. The second-order valence-electron chi connectivity index (χ2n) is 5.42. The molecule has 24 heavy (non-hydrogen) atoms. The molecular formula is C17H23NO6. The molecule has 0 bridgehead atoms. The van der Waals surface area contributed by atoms with E-state index in [1.165, 1.54) is 5.56 Å². The first-order valence-electron chi connectivity index (χ1n) is 7.57. The maximum absolute atomic E-state index is 9.80. The van der Waals surface area contributed by atoms with E-state index < -0.39 is 18.0 Å². The lowest BCUT2D eigenvalue weighted by Crippen LogP contribution is -2.46. The van der Waals surface area contributed by atoms with Crippen LogP contribution < -0.4 is 10.1 Å². The predicted octanol–water partition coefficient (Wildman–Crippen LogP) is 1.12. The first-order chi connectivity index (χ1) is 11.3. The molecule has 7 heteroatoms. The molecular weight excluding hydrogens is 314 g/mol. The second kappa shape index (κ2) is 9.69. The number of nitrogens with one attached hydrogen (secondary N) is 1. The molecule has 132 valence electrons. The van der Waals surface area contributed by atoms with E-state index in [1.54, 1.807) is 0 Å².